The van der Waals surface area contributed by atoms with Crippen LogP contribution in [0.3, 0.4) is 0 Å². The first-order valence-electron chi connectivity index (χ1n) is 6.60. The van der Waals surface area contributed by atoms with Crippen molar-refractivity contribution in [3.63, 3.8) is 0 Å². The molecule has 0 heteroatoms. The zero-order valence-electron chi connectivity index (χ0n) is 10.6. The fraction of sp³-hybridized carbons (Fsp3) is 1.00. The molecule has 0 heterocycles. The van der Waals surface area contributed by atoms with E-state index in [2.05, 4.69) is 27.7 Å². The Kier molecular flexibility index (Phi) is 4.47. The van der Waals surface area contributed by atoms with Crippen molar-refractivity contribution in [3.8, 4) is 0 Å². The number of unbranched alkanes of at least 4 members (excludes halogenated alkanes) is 1. The van der Waals surface area contributed by atoms with Crippen LogP contribution in [0.1, 0.15) is 72.6 Å². The van der Waals surface area contributed by atoms with Crippen LogP contribution in [0.2, 0.25) is 0 Å². The van der Waals surface area contributed by atoms with Crippen LogP contribution in [0.25, 0.3) is 0 Å². The highest BCUT2D eigenvalue weighted by Gasteiger charge is 2.36. The van der Waals surface area contributed by atoms with E-state index >= 15 is 0 Å². The van der Waals surface area contributed by atoms with Crippen molar-refractivity contribution in [2.75, 3.05) is 0 Å². The summed E-state index contributed by atoms with van der Waals surface area (Å²) < 4.78 is 0. The lowest BCUT2D eigenvalue weighted by atomic mass is 9.62. The van der Waals surface area contributed by atoms with Gasteiger partial charge in [-0.2, -0.15) is 0 Å². The molecule has 2 unspecified atom stereocenters. The van der Waals surface area contributed by atoms with Crippen LogP contribution in [-0.4, -0.2) is 0 Å². The molecule has 1 saturated carbocycles. The Morgan fingerprint density at radius 2 is 2.07 bits per heavy atom. The van der Waals surface area contributed by atoms with Crippen molar-refractivity contribution < 1.29 is 0 Å². The van der Waals surface area contributed by atoms with Crippen molar-refractivity contribution in [1.82, 2.24) is 0 Å². The third kappa shape index (κ3) is 2.74. The molecule has 0 saturated heterocycles. The molecule has 1 fully saturated rings. The molecule has 2 atom stereocenters. The molecule has 1 aliphatic rings. The molecule has 0 radical (unpaired) electrons. The van der Waals surface area contributed by atoms with Gasteiger partial charge in [0.15, 0.2) is 0 Å². The van der Waals surface area contributed by atoms with Crippen molar-refractivity contribution in [1.29, 1.82) is 0 Å². The Labute approximate surface area is 90.5 Å². The third-order valence-corrected chi connectivity index (χ3v) is 4.38. The second-order valence-corrected chi connectivity index (χ2v) is 5.82. The summed E-state index contributed by atoms with van der Waals surface area (Å²) in [5.41, 5.74) is 0.702. The quantitative estimate of drug-likeness (QED) is 0.591. The molecule has 0 aliphatic heterocycles. The van der Waals surface area contributed by atoms with Crippen LogP contribution in [-0.2, 0) is 0 Å². The van der Waals surface area contributed by atoms with Gasteiger partial charge in [0, 0.05) is 0 Å². The van der Waals surface area contributed by atoms with Crippen LogP contribution in [0.5, 0.6) is 0 Å². The highest BCUT2D eigenvalue weighted by atomic mass is 14.4. The summed E-state index contributed by atoms with van der Waals surface area (Å²) in [5.74, 6) is 1.86. The fourth-order valence-corrected chi connectivity index (χ4v) is 3.27. The van der Waals surface area contributed by atoms with Crippen molar-refractivity contribution >= 4 is 0 Å². The molecule has 0 nitrogen and oxygen atoms in total. The van der Waals surface area contributed by atoms with Gasteiger partial charge in [-0.1, -0.05) is 53.4 Å². The summed E-state index contributed by atoms with van der Waals surface area (Å²) in [6, 6.07) is 0. The first kappa shape index (κ1) is 12.1. The Bertz CT molecular complexity index is 159. The van der Waals surface area contributed by atoms with Gasteiger partial charge in [-0.25, -0.2) is 0 Å². The standard InChI is InChI=1S/C14H28/c1-5-6-9-14(12(2)3)10-7-8-13(4)11-14/h12-13H,5-11H2,1-4H3. The lowest BCUT2D eigenvalue weighted by Gasteiger charge is -2.44. The number of hydrogen-bond donors (Lipinski definition) is 0. The van der Waals surface area contributed by atoms with Gasteiger partial charge in [-0.3, -0.25) is 0 Å². The van der Waals surface area contributed by atoms with Crippen LogP contribution in [0, 0.1) is 17.3 Å². The smallest absolute Gasteiger partial charge is 0.0272 e. The Morgan fingerprint density at radius 3 is 2.57 bits per heavy atom. The van der Waals surface area contributed by atoms with Gasteiger partial charge in [0.25, 0.3) is 0 Å². The Balaban J connectivity index is 2.60. The van der Waals surface area contributed by atoms with Crippen LogP contribution in [0.4, 0.5) is 0 Å². The van der Waals surface area contributed by atoms with E-state index in [1.807, 2.05) is 0 Å². The molecule has 1 rings (SSSR count). The predicted molar refractivity (Wildman–Crippen MR) is 64.4 cm³/mol. The minimum Gasteiger partial charge on any atom is -0.0654 e. The Morgan fingerprint density at radius 1 is 1.36 bits per heavy atom. The highest BCUT2D eigenvalue weighted by molar-refractivity contribution is 4.87. The maximum Gasteiger partial charge on any atom is -0.0272 e. The van der Waals surface area contributed by atoms with E-state index in [1.54, 1.807) is 0 Å². The second kappa shape index (κ2) is 5.19. The first-order chi connectivity index (χ1) is 6.60. The zero-order chi connectivity index (χ0) is 10.6. The summed E-state index contributed by atoms with van der Waals surface area (Å²) in [4.78, 5) is 0. The highest BCUT2D eigenvalue weighted by Crippen LogP contribution is 2.48. The average Bonchev–Trinajstić information content (AvgIpc) is 2.14. The van der Waals surface area contributed by atoms with Gasteiger partial charge in [0.2, 0.25) is 0 Å². The largest absolute Gasteiger partial charge is 0.0654 e. The summed E-state index contributed by atoms with van der Waals surface area (Å²) in [7, 11) is 0. The molecule has 0 amide bonds. The average molecular weight is 196 g/mol. The summed E-state index contributed by atoms with van der Waals surface area (Å²) in [6.45, 7) is 9.64. The topological polar surface area (TPSA) is 0 Å². The van der Waals surface area contributed by atoms with Crippen LogP contribution in [0.15, 0.2) is 0 Å². The van der Waals surface area contributed by atoms with Crippen LogP contribution >= 0.6 is 0 Å². The van der Waals surface area contributed by atoms with E-state index in [1.165, 1.54) is 44.9 Å². The molecule has 0 N–H and O–H groups in total. The maximum atomic E-state index is 2.45. The maximum absolute atomic E-state index is 2.45. The molecule has 0 aromatic rings. The van der Waals surface area contributed by atoms with Crippen molar-refractivity contribution in [2.45, 2.75) is 72.6 Å². The van der Waals surface area contributed by atoms with Gasteiger partial charge >= 0.3 is 0 Å². The molecular weight excluding hydrogens is 168 g/mol. The molecule has 0 spiro atoms. The van der Waals surface area contributed by atoms with Gasteiger partial charge in [0.05, 0.1) is 0 Å². The van der Waals surface area contributed by atoms with Crippen LogP contribution < -0.4 is 0 Å². The first-order valence-corrected chi connectivity index (χ1v) is 6.60. The van der Waals surface area contributed by atoms with Gasteiger partial charge in [-0.15, -0.1) is 0 Å². The van der Waals surface area contributed by atoms with E-state index in [4.69, 9.17) is 0 Å². The molecular formula is C14H28. The monoisotopic (exact) mass is 196 g/mol. The summed E-state index contributed by atoms with van der Waals surface area (Å²) in [5, 5.41) is 0. The molecule has 0 aromatic carbocycles. The zero-order valence-corrected chi connectivity index (χ0v) is 10.6. The summed E-state index contributed by atoms with van der Waals surface area (Å²) >= 11 is 0. The van der Waals surface area contributed by atoms with E-state index in [9.17, 15) is 0 Å². The molecule has 0 aromatic heterocycles. The van der Waals surface area contributed by atoms with E-state index in [0.717, 1.165) is 11.8 Å². The van der Waals surface area contributed by atoms with Gasteiger partial charge < -0.3 is 0 Å². The second-order valence-electron chi connectivity index (χ2n) is 5.82. The molecule has 14 heavy (non-hydrogen) atoms. The Hall–Kier alpha value is 0. The van der Waals surface area contributed by atoms with Gasteiger partial charge in [0.1, 0.15) is 0 Å². The van der Waals surface area contributed by atoms with E-state index in [0.29, 0.717) is 5.41 Å². The number of hydrogen-bond acceptors (Lipinski definition) is 0. The van der Waals surface area contributed by atoms with E-state index in [-0.39, 0.29) is 0 Å². The fourth-order valence-electron chi connectivity index (χ4n) is 3.27. The van der Waals surface area contributed by atoms with Crippen molar-refractivity contribution in [3.05, 3.63) is 0 Å². The predicted octanol–water partition coefficient (Wildman–Crippen LogP) is 5.03. The minimum absolute atomic E-state index is 0.702. The molecule has 84 valence electrons. The summed E-state index contributed by atoms with van der Waals surface area (Å²) in [6.07, 6.45) is 10.2. The van der Waals surface area contributed by atoms with Gasteiger partial charge in [-0.05, 0) is 36.5 Å². The lowest BCUT2D eigenvalue weighted by molar-refractivity contribution is 0.0733. The van der Waals surface area contributed by atoms with E-state index < -0.39 is 0 Å². The van der Waals surface area contributed by atoms with Crippen molar-refractivity contribution in [2.24, 2.45) is 17.3 Å². The molecule has 0 bridgehead atoms. The lowest BCUT2D eigenvalue weighted by Crippen LogP contribution is -2.32. The third-order valence-electron chi connectivity index (χ3n) is 4.38. The number of rotatable bonds is 4. The minimum atomic E-state index is 0.702. The normalized spacial score (nSPS) is 33.6. The molecule has 1 aliphatic carbocycles. The SMILES string of the molecule is CCCCC1(C(C)C)CCCC(C)C1.